The van der Waals surface area contributed by atoms with Crippen LogP contribution in [0.1, 0.15) is 28.4 Å². The average molecular weight is 298 g/mol. The third-order valence-corrected chi connectivity index (χ3v) is 4.94. The molecule has 3 rings (SSSR count). The zero-order valence-corrected chi connectivity index (χ0v) is 13.1. The maximum Gasteiger partial charge on any atom is 0.163 e. The summed E-state index contributed by atoms with van der Waals surface area (Å²) in [6.07, 6.45) is 1.03. The van der Waals surface area contributed by atoms with Crippen molar-refractivity contribution in [3.63, 3.8) is 0 Å². The monoisotopic (exact) mass is 298 g/mol. The highest BCUT2D eigenvalue weighted by Gasteiger charge is 2.22. The van der Waals surface area contributed by atoms with Crippen molar-refractivity contribution in [2.45, 2.75) is 30.4 Å². The number of ether oxygens (including phenoxy) is 1. The summed E-state index contributed by atoms with van der Waals surface area (Å²) >= 11 is 1.86. The summed E-state index contributed by atoms with van der Waals surface area (Å²) in [5, 5.41) is 0.419. The van der Waals surface area contributed by atoms with Crippen LogP contribution in [0.5, 0.6) is 5.75 Å². The third-order valence-electron chi connectivity index (χ3n) is 3.65. The fourth-order valence-electron chi connectivity index (χ4n) is 2.57. The number of thioether (sulfide) groups is 1. The molecule has 0 amide bonds. The number of hydrogen-bond acceptors (Lipinski definition) is 3. The second-order valence-electron chi connectivity index (χ2n) is 5.42. The molecule has 1 atom stereocenters. The zero-order valence-electron chi connectivity index (χ0n) is 12.3. The Bertz CT molecular complexity index is 654. The molecule has 1 aliphatic heterocycles. The number of ketones is 1. The van der Waals surface area contributed by atoms with Gasteiger partial charge in [-0.15, -0.1) is 11.8 Å². The molecule has 108 valence electrons. The first-order valence-corrected chi connectivity index (χ1v) is 8.00. The number of fused-ring (bicyclic) bond motifs is 1. The first-order valence-electron chi connectivity index (χ1n) is 7.12. The lowest BCUT2D eigenvalue weighted by Crippen LogP contribution is -2.14. The van der Waals surface area contributed by atoms with Crippen molar-refractivity contribution in [3.05, 3.63) is 59.2 Å². The number of carbonyl (C=O) groups is 1. The van der Waals surface area contributed by atoms with Gasteiger partial charge in [-0.05, 0) is 49.6 Å². The van der Waals surface area contributed by atoms with Crippen LogP contribution in [-0.2, 0) is 6.42 Å². The van der Waals surface area contributed by atoms with Gasteiger partial charge in [-0.25, -0.2) is 0 Å². The van der Waals surface area contributed by atoms with E-state index in [1.54, 1.807) is 6.92 Å². The second-order valence-corrected chi connectivity index (χ2v) is 6.76. The Balaban J connectivity index is 1.69. The van der Waals surface area contributed by atoms with E-state index in [4.69, 9.17) is 4.74 Å². The van der Waals surface area contributed by atoms with Crippen LogP contribution in [0.2, 0.25) is 0 Å². The first kappa shape index (κ1) is 14.2. The van der Waals surface area contributed by atoms with Crippen molar-refractivity contribution in [3.8, 4) is 5.75 Å². The SMILES string of the molecule is CC(=O)c1ccc(C)cc1OCC1Cc2ccccc2S1. The van der Waals surface area contributed by atoms with E-state index >= 15 is 0 Å². The van der Waals surface area contributed by atoms with Gasteiger partial charge in [0.1, 0.15) is 12.4 Å². The number of aryl methyl sites for hydroxylation is 1. The van der Waals surface area contributed by atoms with Crippen molar-refractivity contribution in [1.29, 1.82) is 0 Å². The molecule has 2 aromatic carbocycles. The van der Waals surface area contributed by atoms with E-state index in [0.29, 0.717) is 23.2 Å². The normalized spacial score (nSPS) is 16.6. The molecule has 1 aliphatic rings. The van der Waals surface area contributed by atoms with Crippen LogP contribution in [-0.4, -0.2) is 17.6 Å². The highest BCUT2D eigenvalue weighted by molar-refractivity contribution is 8.00. The summed E-state index contributed by atoms with van der Waals surface area (Å²) in [5.41, 5.74) is 3.17. The Morgan fingerprint density at radius 1 is 1.29 bits per heavy atom. The number of rotatable bonds is 4. The smallest absolute Gasteiger partial charge is 0.163 e. The van der Waals surface area contributed by atoms with Crippen molar-refractivity contribution >= 4 is 17.5 Å². The fourth-order valence-corrected chi connectivity index (χ4v) is 3.79. The number of benzene rings is 2. The minimum absolute atomic E-state index is 0.0485. The summed E-state index contributed by atoms with van der Waals surface area (Å²) in [6.45, 7) is 4.22. The van der Waals surface area contributed by atoms with Crippen LogP contribution < -0.4 is 4.74 Å². The molecule has 3 heteroatoms. The lowest BCUT2D eigenvalue weighted by atomic mass is 10.1. The number of Topliss-reactive ketones (excluding diaryl/α,β-unsaturated/α-hetero) is 1. The predicted molar refractivity (Wildman–Crippen MR) is 86.5 cm³/mol. The number of carbonyl (C=O) groups excluding carboxylic acids is 1. The Labute approximate surface area is 129 Å². The van der Waals surface area contributed by atoms with Gasteiger partial charge in [0.05, 0.1) is 5.56 Å². The molecule has 0 fully saturated rings. The Kier molecular flexibility index (Phi) is 4.02. The molecule has 0 N–H and O–H groups in total. The van der Waals surface area contributed by atoms with Gasteiger partial charge < -0.3 is 4.74 Å². The molecule has 1 heterocycles. The van der Waals surface area contributed by atoms with E-state index in [1.165, 1.54) is 10.5 Å². The minimum Gasteiger partial charge on any atom is -0.492 e. The standard InChI is InChI=1S/C18H18O2S/c1-12-7-8-16(13(2)19)17(9-12)20-11-15-10-14-5-3-4-6-18(14)21-15/h3-9,15H,10-11H2,1-2H3. The Morgan fingerprint density at radius 3 is 2.86 bits per heavy atom. The summed E-state index contributed by atoms with van der Waals surface area (Å²) in [5.74, 6) is 0.756. The summed E-state index contributed by atoms with van der Waals surface area (Å²) in [6, 6.07) is 14.2. The largest absolute Gasteiger partial charge is 0.492 e. The van der Waals surface area contributed by atoms with Gasteiger partial charge in [0, 0.05) is 10.1 Å². The van der Waals surface area contributed by atoms with Crippen LogP contribution in [0.3, 0.4) is 0 Å². The quantitative estimate of drug-likeness (QED) is 0.788. The van der Waals surface area contributed by atoms with Crippen LogP contribution in [0.4, 0.5) is 0 Å². The van der Waals surface area contributed by atoms with Gasteiger partial charge in [-0.2, -0.15) is 0 Å². The third kappa shape index (κ3) is 3.13. The molecule has 0 bridgehead atoms. The zero-order chi connectivity index (χ0) is 14.8. The molecule has 2 nitrogen and oxygen atoms in total. The van der Waals surface area contributed by atoms with Crippen molar-refractivity contribution in [1.82, 2.24) is 0 Å². The van der Waals surface area contributed by atoms with Crippen LogP contribution in [0.15, 0.2) is 47.4 Å². The van der Waals surface area contributed by atoms with Crippen molar-refractivity contribution in [2.75, 3.05) is 6.61 Å². The van der Waals surface area contributed by atoms with Crippen molar-refractivity contribution < 1.29 is 9.53 Å². The predicted octanol–water partition coefficient (Wildman–Crippen LogP) is 4.29. The van der Waals surface area contributed by atoms with Gasteiger partial charge in [0.2, 0.25) is 0 Å². The Morgan fingerprint density at radius 2 is 2.10 bits per heavy atom. The van der Waals surface area contributed by atoms with E-state index in [9.17, 15) is 4.79 Å². The molecule has 0 aliphatic carbocycles. The lowest BCUT2D eigenvalue weighted by molar-refractivity contribution is 0.101. The highest BCUT2D eigenvalue weighted by Crippen LogP contribution is 2.37. The van der Waals surface area contributed by atoms with Crippen molar-refractivity contribution in [2.24, 2.45) is 0 Å². The maximum atomic E-state index is 11.7. The molecule has 0 saturated heterocycles. The number of hydrogen-bond donors (Lipinski definition) is 0. The minimum atomic E-state index is 0.0485. The molecule has 1 unspecified atom stereocenters. The van der Waals surface area contributed by atoms with Crippen LogP contribution in [0, 0.1) is 6.92 Å². The summed E-state index contributed by atoms with van der Waals surface area (Å²) < 4.78 is 5.95. The molecular formula is C18H18O2S. The lowest BCUT2D eigenvalue weighted by Gasteiger charge is -2.14. The van der Waals surface area contributed by atoms with Crippen LogP contribution >= 0.6 is 11.8 Å². The van der Waals surface area contributed by atoms with E-state index < -0.39 is 0 Å². The van der Waals surface area contributed by atoms with Gasteiger partial charge in [-0.3, -0.25) is 4.79 Å². The van der Waals surface area contributed by atoms with E-state index in [1.807, 2.05) is 36.9 Å². The Hall–Kier alpha value is -1.74. The van der Waals surface area contributed by atoms with E-state index in [2.05, 4.69) is 24.3 Å². The molecule has 0 radical (unpaired) electrons. The molecule has 2 aromatic rings. The molecule has 0 saturated carbocycles. The molecule has 0 spiro atoms. The van der Waals surface area contributed by atoms with Gasteiger partial charge in [0.25, 0.3) is 0 Å². The second kappa shape index (κ2) is 5.94. The first-order chi connectivity index (χ1) is 10.1. The summed E-state index contributed by atoms with van der Waals surface area (Å²) in [4.78, 5) is 13.0. The van der Waals surface area contributed by atoms with E-state index in [0.717, 1.165) is 12.0 Å². The highest BCUT2D eigenvalue weighted by atomic mass is 32.2. The molecule has 0 aromatic heterocycles. The van der Waals surface area contributed by atoms with Gasteiger partial charge >= 0.3 is 0 Å². The molecular weight excluding hydrogens is 280 g/mol. The summed E-state index contributed by atoms with van der Waals surface area (Å²) in [7, 11) is 0. The van der Waals surface area contributed by atoms with E-state index in [-0.39, 0.29) is 5.78 Å². The topological polar surface area (TPSA) is 26.3 Å². The fraction of sp³-hybridized carbons (Fsp3) is 0.278. The van der Waals surface area contributed by atoms with Gasteiger partial charge in [0.15, 0.2) is 5.78 Å². The molecule has 21 heavy (non-hydrogen) atoms. The van der Waals surface area contributed by atoms with Crippen LogP contribution in [0.25, 0.3) is 0 Å². The van der Waals surface area contributed by atoms with Gasteiger partial charge in [-0.1, -0.05) is 24.3 Å². The average Bonchev–Trinajstić information content (AvgIpc) is 2.87. The maximum absolute atomic E-state index is 11.7.